The maximum atomic E-state index is 4.15. The van der Waals surface area contributed by atoms with E-state index in [0.717, 1.165) is 5.75 Å². The van der Waals surface area contributed by atoms with Crippen molar-refractivity contribution in [3.8, 4) is 0 Å². The van der Waals surface area contributed by atoms with Crippen LogP contribution in [0, 0.1) is 0 Å². The molecule has 10 heavy (non-hydrogen) atoms. The van der Waals surface area contributed by atoms with E-state index >= 15 is 0 Å². The Morgan fingerprint density at radius 2 is 1.40 bits per heavy atom. The number of unbranched alkanes of at least 4 members (excludes halogenated alkanes) is 5. The summed E-state index contributed by atoms with van der Waals surface area (Å²) in [5.74, 6) is 1.06. The van der Waals surface area contributed by atoms with Gasteiger partial charge in [0.25, 0.3) is 0 Å². The van der Waals surface area contributed by atoms with Crippen LogP contribution >= 0.6 is 12.6 Å². The first-order valence-corrected chi connectivity index (χ1v) is 4.66. The van der Waals surface area contributed by atoms with Crippen molar-refractivity contribution in [2.75, 3.05) is 5.75 Å². The molecule has 0 aliphatic rings. The molecule has 0 heterocycles. The van der Waals surface area contributed by atoms with Crippen molar-refractivity contribution in [2.24, 2.45) is 0 Å². The Balaban J connectivity index is 0. The summed E-state index contributed by atoms with van der Waals surface area (Å²) < 4.78 is 0. The topological polar surface area (TPSA) is 0 Å². The summed E-state index contributed by atoms with van der Waals surface area (Å²) in [5.41, 5.74) is 0. The minimum absolute atomic E-state index is 0. The zero-order valence-corrected chi connectivity index (χ0v) is 7.29. The van der Waals surface area contributed by atoms with Gasteiger partial charge in [0.1, 0.15) is 0 Å². The van der Waals surface area contributed by atoms with Gasteiger partial charge in [0, 0.05) is 0 Å². The van der Waals surface area contributed by atoms with Crippen molar-refractivity contribution in [3.05, 3.63) is 0 Å². The third-order valence-corrected chi connectivity index (χ3v) is 1.83. The molecule has 2 heteroatoms. The zero-order chi connectivity index (χ0) is 6.95. The first-order chi connectivity index (χ1) is 4.41. The Bertz CT molecular complexity index is 42.5. The third kappa shape index (κ3) is 12.1. The standard InChI is InChI=1S/C8H18S.Na.H/c1-2-3-4-5-6-7-8-9;;/h9H,2-8H2,1H3;;. The Morgan fingerprint density at radius 3 is 1.90 bits per heavy atom. The van der Waals surface area contributed by atoms with E-state index < -0.39 is 0 Å². The van der Waals surface area contributed by atoms with Gasteiger partial charge in [0.15, 0.2) is 0 Å². The van der Waals surface area contributed by atoms with Crippen LogP contribution in [-0.4, -0.2) is 35.3 Å². The van der Waals surface area contributed by atoms with E-state index in [0.29, 0.717) is 0 Å². The van der Waals surface area contributed by atoms with Gasteiger partial charge in [-0.25, -0.2) is 0 Å². The number of hydrogen-bond acceptors (Lipinski definition) is 1. The number of hydrogen-bond donors (Lipinski definition) is 1. The predicted molar refractivity (Wildman–Crippen MR) is 54.4 cm³/mol. The van der Waals surface area contributed by atoms with Crippen LogP contribution in [0.1, 0.15) is 45.4 Å². The summed E-state index contributed by atoms with van der Waals surface area (Å²) in [6, 6.07) is 0. The van der Waals surface area contributed by atoms with E-state index in [-0.39, 0.29) is 29.6 Å². The number of rotatable bonds is 6. The molecule has 0 aromatic carbocycles. The molecule has 0 aliphatic carbocycles. The first-order valence-electron chi connectivity index (χ1n) is 4.02. The molecule has 0 spiro atoms. The minimum atomic E-state index is 0. The molecule has 0 atom stereocenters. The van der Waals surface area contributed by atoms with Gasteiger partial charge in [-0.15, -0.1) is 0 Å². The van der Waals surface area contributed by atoms with Crippen molar-refractivity contribution in [1.82, 2.24) is 0 Å². The molecular weight excluding hydrogens is 151 g/mol. The van der Waals surface area contributed by atoms with Crippen LogP contribution in [-0.2, 0) is 0 Å². The molecule has 0 aromatic heterocycles. The van der Waals surface area contributed by atoms with E-state index in [9.17, 15) is 0 Å². The quantitative estimate of drug-likeness (QED) is 0.353. The molecule has 0 saturated heterocycles. The van der Waals surface area contributed by atoms with Crippen LogP contribution in [0.15, 0.2) is 0 Å². The fraction of sp³-hybridized carbons (Fsp3) is 1.00. The van der Waals surface area contributed by atoms with Crippen molar-refractivity contribution in [3.63, 3.8) is 0 Å². The van der Waals surface area contributed by atoms with Gasteiger partial charge in [0.05, 0.1) is 0 Å². The first kappa shape index (κ1) is 13.9. The molecule has 0 rings (SSSR count). The molecule has 0 amide bonds. The Morgan fingerprint density at radius 1 is 0.900 bits per heavy atom. The van der Waals surface area contributed by atoms with Gasteiger partial charge in [-0.1, -0.05) is 39.0 Å². The third-order valence-electron chi connectivity index (χ3n) is 1.51. The van der Waals surface area contributed by atoms with Crippen LogP contribution in [0.4, 0.5) is 0 Å². The van der Waals surface area contributed by atoms with Crippen molar-refractivity contribution in [1.29, 1.82) is 0 Å². The van der Waals surface area contributed by atoms with Crippen LogP contribution < -0.4 is 0 Å². The van der Waals surface area contributed by atoms with Gasteiger partial charge >= 0.3 is 29.6 Å². The second-order valence-electron chi connectivity index (χ2n) is 2.49. The van der Waals surface area contributed by atoms with Crippen LogP contribution in [0.3, 0.4) is 0 Å². The maximum absolute atomic E-state index is 4.15. The molecule has 0 fully saturated rings. The Kier molecular flexibility index (Phi) is 18.0. The molecule has 0 saturated carbocycles. The predicted octanol–water partition coefficient (Wildman–Crippen LogP) is 2.63. The molecule has 0 aliphatic heterocycles. The molecule has 58 valence electrons. The summed E-state index contributed by atoms with van der Waals surface area (Å²) in [6.07, 6.45) is 8.27. The number of thiol groups is 1. The summed E-state index contributed by atoms with van der Waals surface area (Å²) in [5, 5.41) is 0. The average Bonchev–Trinajstić information content (AvgIpc) is 1.89. The van der Waals surface area contributed by atoms with E-state index in [4.69, 9.17) is 0 Å². The van der Waals surface area contributed by atoms with Crippen LogP contribution in [0.5, 0.6) is 0 Å². The summed E-state index contributed by atoms with van der Waals surface area (Å²) >= 11 is 4.15. The Hall–Kier alpha value is 1.35. The van der Waals surface area contributed by atoms with E-state index in [2.05, 4.69) is 19.6 Å². The fourth-order valence-electron chi connectivity index (χ4n) is 0.892. The molecule has 0 aromatic rings. The monoisotopic (exact) mass is 170 g/mol. The second kappa shape index (κ2) is 13.0. The van der Waals surface area contributed by atoms with Crippen molar-refractivity contribution in [2.45, 2.75) is 45.4 Å². The Labute approximate surface area is 92.9 Å². The molecular formula is C8H19NaS. The second-order valence-corrected chi connectivity index (χ2v) is 2.94. The summed E-state index contributed by atoms with van der Waals surface area (Å²) in [7, 11) is 0. The molecule has 0 nitrogen and oxygen atoms in total. The summed E-state index contributed by atoms with van der Waals surface area (Å²) in [6.45, 7) is 2.25. The zero-order valence-electron chi connectivity index (χ0n) is 6.40. The normalized spacial score (nSPS) is 9.00. The molecule has 0 bridgehead atoms. The van der Waals surface area contributed by atoms with E-state index in [1.54, 1.807) is 0 Å². The SMILES string of the molecule is CCCCCCCCS.[NaH]. The van der Waals surface area contributed by atoms with Crippen molar-refractivity contribution < 1.29 is 0 Å². The molecule has 0 unspecified atom stereocenters. The van der Waals surface area contributed by atoms with Crippen LogP contribution in [0.2, 0.25) is 0 Å². The van der Waals surface area contributed by atoms with Crippen LogP contribution in [0.25, 0.3) is 0 Å². The van der Waals surface area contributed by atoms with Gasteiger partial charge in [-0.3, -0.25) is 0 Å². The van der Waals surface area contributed by atoms with Gasteiger partial charge in [-0.05, 0) is 12.2 Å². The van der Waals surface area contributed by atoms with Gasteiger partial charge in [0.2, 0.25) is 0 Å². The molecule has 0 N–H and O–H groups in total. The average molecular weight is 170 g/mol. The van der Waals surface area contributed by atoms with E-state index in [1.165, 1.54) is 38.5 Å². The van der Waals surface area contributed by atoms with Gasteiger partial charge < -0.3 is 0 Å². The molecule has 0 radical (unpaired) electrons. The fourth-order valence-corrected chi connectivity index (χ4v) is 1.12. The van der Waals surface area contributed by atoms with Gasteiger partial charge in [-0.2, -0.15) is 12.6 Å². The van der Waals surface area contributed by atoms with Crippen molar-refractivity contribution >= 4 is 42.2 Å². The van der Waals surface area contributed by atoms with E-state index in [1.807, 2.05) is 0 Å². The summed E-state index contributed by atoms with van der Waals surface area (Å²) in [4.78, 5) is 0.